The molecule has 164 valence electrons. The van der Waals surface area contributed by atoms with E-state index < -0.39 is 0 Å². The summed E-state index contributed by atoms with van der Waals surface area (Å²) in [5.74, 6) is 0.893. The second-order valence-corrected chi connectivity index (χ2v) is 9.80. The van der Waals surface area contributed by atoms with Crippen molar-refractivity contribution in [2.24, 2.45) is 5.92 Å². The first-order valence-corrected chi connectivity index (χ1v) is 12.2. The van der Waals surface area contributed by atoms with Gasteiger partial charge in [-0.25, -0.2) is 4.98 Å². The lowest BCUT2D eigenvalue weighted by atomic mass is 9.88. The summed E-state index contributed by atoms with van der Waals surface area (Å²) in [4.78, 5) is 51.0. The number of rotatable bonds is 3. The third kappa shape index (κ3) is 3.93. The maximum atomic E-state index is 13.2. The molecule has 2 aliphatic heterocycles. The van der Waals surface area contributed by atoms with Gasteiger partial charge in [-0.3, -0.25) is 14.4 Å². The molecule has 2 fully saturated rings. The highest BCUT2D eigenvalue weighted by atomic mass is 32.1. The van der Waals surface area contributed by atoms with Crippen molar-refractivity contribution < 1.29 is 9.59 Å². The zero-order valence-corrected chi connectivity index (χ0v) is 18.5. The van der Waals surface area contributed by atoms with Crippen molar-refractivity contribution in [1.82, 2.24) is 19.8 Å². The molecular weight excluding hydrogens is 412 g/mol. The number of nitrogens with zero attached hydrogens (tertiary/aromatic N) is 3. The normalized spacial score (nSPS) is 21.9. The van der Waals surface area contributed by atoms with Gasteiger partial charge in [0.1, 0.15) is 5.82 Å². The van der Waals surface area contributed by atoms with Gasteiger partial charge in [0, 0.05) is 24.6 Å². The zero-order valence-electron chi connectivity index (χ0n) is 17.6. The Morgan fingerprint density at radius 2 is 1.94 bits per heavy atom. The van der Waals surface area contributed by atoms with Crippen LogP contribution in [0, 0.1) is 5.92 Å². The first-order valence-electron chi connectivity index (χ1n) is 11.4. The van der Waals surface area contributed by atoms with E-state index in [-0.39, 0.29) is 29.3 Å². The number of hydrogen-bond acceptors (Lipinski definition) is 5. The summed E-state index contributed by atoms with van der Waals surface area (Å²) in [6, 6.07) is 3.53. The first kappa shape index (κ1) is 20.4. The average Bonchev–Trinajstić information content (AvgIpc) is 3.50. The molecule has 8 heteroatoms. The molecule has 3 aliphatic rings. The molecule has 1 atom stereocenters. The fourth-order valence-electron chi connectivity index (χ4n) is 5.24. The van der Waals surface area contributed by atoms with Crippen LogP contribution < -0.4 is 5.56 Å². The Morgan fingerprint density at radius 3 is 2.71 bits per heavy atom. The predicted octanol–water partition coefficient (Wildman–Crippen LogP) is 3.27. The third-order valence-corrected chi connectivity index (χ3v) is 7.77. The summed E-state index contributed by atoms with van der Waals surface area (Å²) in [5.41, 5.74) is 1.22. The number of thiophene rings is 1. The van der Waals surface area contributed by atoms with Crippen molar-refractivity contribution in [2.45, 2.75) is 64.0 Å². The number of carbonyl (C=O) groups excluding carboxylic acids is 2. The minimum atomic E-state index is -0.171. The topological polar surface area (TPSA) is 86.4 Å². The van der Waals surface area contributed by atoms with Crippen molar-refractivity contribution in [1.29, 1.82) is 0 Å². The summed E-state index contributed by atoms with van der Waals surface area (Å²) in [6.45, 7) is 1.58. The minimum absolute atomic E-state index is 0.0146. The molecule has 2 aromatic rings. The van der Waals surface area contributed by atoms with Crippen LogP contribution in [0.4, 0.5) is 0 Å². The number of aromatic nitrogens is 2. The van der Waals surface area contributed by atoms with E-state index in [9.17, 15) is 14.4 Å². The van der Waals surface area contributed by atoms with E-state index in [4.69, 9.17) is 4.98 Å². The highest BCUT2D eigenvalue weighted by molar-refractivity contribution is 7.12. The standard InChI is InChI=1S/C23H28N4O3S/c28-21-16-10-12-26(23(30)19-9-5-13-31-19)14-17(16)24-20(25-21)18-8-4-11-27(18)22(29)15-6-2-1-3-7-15/h5,9,13,15,18H,1-4,6-8,10-12,14H2,(H,24,25,28)/t18-/m1/s1. The van der Waals surface area contributed by atoms with Gasteiger partial charge in [-0.05, 0) is 43.6 Å². The molecule has 4 heterocycles. The summed E-state index contributed by atoms with van der Waals surface area (Å²) in [6.07, 6.45) is 7.64. The highest BCUT2D eigenvalue weighted by Gasteiger charge is 2.36. The molecule has 0 unspecified atom stereocenters. The Kier molecular flexibility index (Phi) is 5.65. The van der Waals surface area contributed by atoms with Gasteiger partial charge < -0.3 is 14.8 Å². The van der Waals surface area contributed by atoms with Gasteiger partial charge in [0.05, 0.1) is 23.2 Å². The minimum Gasteiger partial charge on any atom is -0.332 e. The first-order chi connectivity index (χ1) is 15.1. The Morgan fingerprint density at radius 1 is 1.10 bits per heavy atom. The van der Waals surface area contributed by atoms with Crippen LogP contribution in [0.5, 0.6) is 0 Å². The third-order valence-electron chi connectivity index (χ3n) is 6.92. The van der Waals surface area contributed by atoms with Gasteiger partial charge in [0.2, 0.25) is 5.91 Å². The zero-order chi connectivity index (χ0) is 21.4. The van der Waals surface area contributed by atoms with E-state index >= 15 is 0 Å². The molecule has 7 nitrogen and oxygen atoms in total. The van der Waals surface area contributed by atoms with Crippen LogP contribution in [0.25, 0.3) is 0 Å². The van der Waals surface area contributed by atoms with Crippen LogP contribution in [0.2, 0.25) is 0 Å². The molecule has 1 saturated heterocycles. The predicted molar refractivity (Wildman–Crippen MR) is 118 cm³/mol. The maximum Gasteiger partial charge on any atom is 0.264 e. The van der Waals surface area contributed by atoms with E-state index in [1.54, 1.807) is 4.90 Å². The number of fused-ring (bicyclic) bond motifs is 1. The summed E-state index contributed by atoms with van der Waals surface area (Å²) >= 11 is 1.43. The lowest BCUT2D eigenvalue weighted by Crippen LogP contribution is -2.41. The van der Waals surface area contributed by atoms with Crippen LogP contribution in [0.3, 0.4) is 0 Å². The number of hydrogen-bond donors (Lipinski definition) is 1. The lowest BCUT2D eigenvalue weighted by Gasteiger charge is -2.31. The van der Waals surface area contributed by atoms with E-state index in [1.807, 2.05) is 22.4 Å². The molecule has 2 aromatic heterocycles. The van der Waals surface area contributed by atoms with E-state index in [2.05, 4.69) is 4.98 Å². The molecular formula is C23H28N4O3S. The Labute approximate surface area is 185 Å². The van der Waals surface area contributed by atoms with Crippen molar-refractivity contribution in [3.63, 3.8) is 0 Å². The van der Waals surface area contributed by atoms with Gasteiger partial charge in [-0.15, -0.1) is 11.3 Å². The number of amides is 2. The van der Waals surface area contributed by atoms with Crippen LogP contribution in [0.15, 0.2) is 22.3 Å². The summed E-state index contributed by atoms with van der Waals surface area (Å²) < 4.78 is 0. The Hall–Kier alpha value is -2.48. The number of H-pyrrole nitrogens is 1. The van der Waals surface area contributed by atoms with Crippen LogP contribution in [-0.4, -0.2) is 44.7 Å². The Bertz CT molecular complexity index is 1030. The van der Waals surface area contributed by atoms with Crippen LogP contribution >= 0.6 is 11.3 Å². The SMILES string of the molecule is O=C(c1cccs1)N1CCc2c(nc([C@H]3CCCN3C(=O)C3CCCCC3)[nH]c2=O)C1. The second kappa shape index (κ2) is 8.57. The van der Waals surface area contributed by atoms with E-state index in [0.717, 1.165) is 45.1 Å². The van der Waals surface area contributed by atoms with Crippen molar-refractivity contribution in [2.75, 3.05) is 13.1 Å². The molecule has 2 amide bonds. The molecule has 0 spiro atoms. The highest BCUT2D eigenvalue weighted by Crippen LogP contribution is 2.34. The molecule has 0 aromatic carbocycles. The molecule has 0 bridgehead atoms. The Balaban J connectivity index is 1.39. The quantitative estimate of drug-likeness (QED) is 0.794. The van der Waals surface area contributed by atoms with Gasteiger partial charge in [0.25, 0.3) is 11.5 Å². The van der Waals surface area contributed by atoms with Crippen LogP contribution in [-0.2, 0) is 17.8 Å². The van der Waals surface area contributed by atoms with E-state index in [0.29, 0.717) is 41.5 Å². The van der Waals surface area contributed by atoms with Crippen molar-refractivity contribution in [3.8, 4) is 0 Å². The van der Waals surface area contributed by atoms with Gasteiger partial charge in [0.15, 0.2) is 0 Å². The molecule has 5 rings (SSSR count). The molecule has 1 aliphatic carbocycles. The van der Waals surface area contributed by atoms with Crippen LogP contribution in [0.1, 0.15) is 77.7 Å². The smallest absolute Gasteiger partial charge is 0.264 e. The second-order valence-electron chi connectivity index (χ2n) is 8.86. The molecule has 31 heavy (non-hydrogen) atoms. The summed E-state index contributed by atoms with van der Waals surface area (Å²) in [7, 11) is 0. The number of carbonyl (C=O) groups is 2. The maximum absolute atomic E-state index is 13.2. The number of likely N-dealkylation sites (tertiary alicyclic amines) is 1. The van der Waals surface area contributed by atoms with Gasteiger partial charge >= 0.3 is 0 Å². The van der Waals surface area contributed by atoms with Crippen molar-refractivity contribution in [3.05, 3.63) is 49.8 Å². The number of nitrogens with one attached hydrogen (secondary N) is 1. The fourth-order valence-corrected chi connectivity index (χ4v) is 5.94. The monoisotopic (exact) mass is 440 g/mol. The molecule has 1 N–H and O–H groups in total. The average molecular weight is 441 g/mol. The van der Waals surface area contributed by atoms with Gasteiger partial charge in [-0.1, -0.05) is 25.3 Å². The fraction of sp³-hybridized carbons (Fsp3) is 0.565. The lowest BCUT2D eigenvalue weighted by molar-refractivity contribution is -0.137. The molecule has 0 radical (unpaired) electrons. The largest absolute Gasteiger partial charge is 0.332 e. The van der Waals surface area contributed by atoms with Gasteiger partial charge in [-0.2, -0.15) is 0 Å². The number of aromatic amines is 1. The van der Waals surface area contributed by atoms with E-state index in [1.165, 1.54) is 17.8 Å². The molecule has 1 saturated carbocycles. The summed E-state index contributed by atoms with van der Waals surface area (Å²) in [5, 5.41) is 1.89. The van der Waals surface area contributed by atoms with Crippen molar-refractivity contribution >= 4 is 23.2 Å².